The summed E-state index contributed by atoms with van der Waals surface area (Å²) in [5.74, 6) is 2.40. The SMILES string of the molecule is CCCCC1(C)C(C)CC=C2C=C(C(C)C)CCC21.CN. The van der Waals surface area contributed by atoms with Crippen molar-refractivity contribution in [1.82, 2.24) is 0 Å². The molecule has 1 heteroatoms. The Morgan fingerprint density at radius 2 is 2.00 bits per heavy atom. The molecule has 0 aromatic carbocycles. The molecule has 0 amide bonds. The van der Waals surface area contributed by atoms with Crippen LogP contribution in [0.15, 0.2) is 23.3 Å². The summed E-state index contributed by atoms with van der Waals surface area (Å²) < 4.78 is 0. The van der Waals surface area contributed by atoms with Crippen LogP contribution in [0.25, 0.3) is 0 Å². The number of fused-ring (bicyclic) bond motifs is 1. The molecule has 3 unspecified atom stereocenters. The van der Waals surface area contributed by atoms with Gasteiger partial charge in [0.25, 0.3) is 0 Å². The Labute approximate surface area is 133 Å². The minimum absolute atomic E-state index is 0.541. The second kappa shape index (κ2) is 8.17. The zero-order valence-electron chi connectivity index (χ0n) is 15.2. The van der Waals surface area contributed by atoms with Crippen LogP contribution in [0, 0.1) is 23.2 Å². The molecule has 2 aliphatic carbocycles. The highest BCUT2D eigenvalue weighted by Crippen LogP contribution is 2.53. The highest BCUT2D eigenvalue weighted by Gasteiger charge is 2.42. The summed E-state index contributed by atoms with van der Waals surface area (Å²) in [6.45, 7) is 12.1. The number of hydrogen-bond acceptors (Lipinski definition) is 1. The van der Waals surface area contributed by atoms with Gasteiger partial charge in [-0.15, -0.1) is 0 Å². The monoisotopic (exact) mass is 291 g/mol. The Balaban J connectivity index is 0.00000106. The van der Waals surface area contributed by atoms with Crippen molar-refractivity contribution >= 4 is 0 Å². The first-order chi connectivity index (χ1) is 9.99. The molecule has 2 rings (SSSR count). The molecule has 122 valence electrons. The number of nitrogens with two attached hydrogens (primary N) is 1. The van der Waals surface area contributed by atoms with E-state index in [0.717, 1.165) is 17.8 Å². The predicted molar refractivity (Wildman–Crippen MR) is 95.3 cm³/mol. The van der Waals surface area contributed by atoms with Gasteiger partial charge in [-0.1, -0.05) is 65.2 Å². The zero-order valence-corrected chi connectivity index (χ0v) is 15.2. The minimum atomic E-state index is 0.541. The quantitative estimate of drug-likeness (QED) is 0.704. The maximum Gasteiger partial charge on any atom is -0.0105 e. The lowest BCUT2D eigenvalue weighted by Gasteiger charge is -2.48. The standard InChI is InChI=1S/C19H32.CH5N/c1-6-7-12-19(5)15(4)8-9-17-13-16(14(2)3)10-11-18(17)19;1-2/h9,13-15,18H,6-8,10-12H2,1-5H3;2H2,1H3. The molecule has 2 aliphatic rings. The van der Waals surface area contributed by atoms with Gasteiger partial charge in [-0.3, -0.25) is 0 Å². The summed E-state index contributed by atoms with van der Waals surface area (Å²) in [7, 11) is 1.50. The first-order valence-electron chi connectivity index (χ1n) is 8.97. The van der Waals surface area contributed by atoms with Gasteiger partial charge in [0.1, 0.15) is 0 Å². The summed E-state index contributed by atoms with van der Waals surface area (Å²) in [5.41, 5.74) is 8.39. The summed E-state index contributed by atoms with van der Waals surface area (Å²) in [4.78, 5) is 0. The van der Waals surface area contributed by atoms with Crippen LogP contribution in [0.3, 0.4) is 0 Å². The number of allylic oxidation sites excluding steroid dienone is 4. The molecule has 0 spiro atoms. The van der Waals surface area contributed by atoms with Gasteiger partial charge < -0.3 is 5.73 Å². The van der Waals surface area contributed by atoms with E-state index in [9.17, 15) is 0 Å². The van der Waals surface area contributed by atoms with E-state index in [1.54, 1.807) is 11.1 Å². The molecule has 0 aromatic heterocycles. The second-order valence-electron chi connectivity index (χ2n) is 7.42. The fourth-order valence-corrected chi connectivity index (χ4v) is 4.14. The average Bonchev–Trinajstić information content (AvgIpc) is 2.51. The Hall–Kier alpha value is -0.560. The van der Waals surface area contributed by atoms with E-state index in [4.69, 9.17) is 0 Å². The molecule has 1 nitrogen and oxygen atoms in total. The van der Waals surface area contributed by atoms with E-state index in [2.05, 4.69) is 52.5 Å². The zero-order chi connectivity index (χ0) is 16.0. The van der Waals surface area contributed by atoms with E-state index in [0.29, 0.717) is 5.41 Å². The Kier molecular flexibility index (Phi) is 7.20. The Morgan fingerprint density at radius 3 is 2.57 bits per heavy atom. The van der Waals surface area contributed by atoms with Crippen molar-refractivity contribution in [3.63, 3.8) is 0 Å². The van der Waals surface area contributed by atoms with Crippen molar-refractivity contribution in [2.45, 2.75) is 73.1 Å². The van der Waals surface area contributed by atoms with Crippen LogP contribution in [0.5, 0.6) is 0 Å². The van der Waals surface area contributed by atoms with Crippen molar-refractivity contribution in [3.8, 4) is 0 Å². The number of hydrogen-bond donors (Lipinski definition) is 1. The van der Waals surface area contributed by atoms with E-state index in [1.807, 2.05) is 0 Å². The summed E-state index contributed by atoms with van der Waals surface area (Å²) in [6, 6.07) is 0. The normalized spacial score (nSPS) is 31.8. The lowest BCUT2D eigenvalue weighted by Crippen LogP contribution is -2.39. The van der Waals surface area contributed by atoms with Crippen LogP contribution in [-0.4, -0.2) is 7.05 Å². The van der Waals surface area contributed by atoms with Crippen LogP contribution in [-0.2, 0) is 0 Å². The molecule has 0 aromatic rings. The van der Waals surface area contributed by atoms with Gasteiger partial charge >= 0.3 is 0 Å². The van der Waals surface area contributed by atoms with Crippen LogP contribution in [0.4, 0.5) is 0 Å². The smallest absolute Gasteiger partial charge is 0.0105 e. The van der Waals surface area contributed by atoms with E-state index >= 15 is 0 Å². The topological polar surface area (TPSA) is 26.0 Å². The highest BCUT2D eigenvalue weighted by molar-refractivity contribution is 5.34. The molecule has 0 fully saturated rings. The molecular formula is C20H37N. The first kappa shape index (κ1) is 18.5. The summed E-state index contributed by atoms with van der Waals surface area (Å²) in [6.07, 6.45) is 13.2. The molecule has 21 heavy (non-hydrogen) atoms. The van der Waals surface area contributed by atoms with Crippen LogP contribution in [0.2, 0.25) is 0 Å². The fourth-order valence-electron chi connectivity index (χ4n) is 4.14. The third-order valence-corrected chi connectivity index (χ3v) is 5.92. The lowest BCUT2D eigenvalue weighted by molar-refractivity contribution is 0.0909. The van der Waals surface area contributed by atoms with Crippen molar-refractivity contribution < 1.29 is 0 Å². The third-order valence-electron chi connectivity index (χ3n) is 5.92. The molecule has 2 N–H and O–H groups in total. The average molecular weight is 292 g/mol. The largest absolute Gasteiger partial charge is 0.333 e. The molecule has 0 radical (unpaired) electrons. The summed E-state index contributed by atoms with van der Waals surface area (Å²) >= 11 is 0. The van der Waals surface area contributed by atoms with Crippen LogP contribution < -0.4 is 5.73 Å². The van der Waals surface area contributed by atoms with E-state index < -0.39 is 0 Å². The minimum Gasteiger partial charge on any atom is -0.333 e. The molecule has 0 aliphatic heterocycles. The molecule has 0 bridgehead atoms. The molecule has 3 atom stereocenters. The van der Waals surface area contributed by atoms with Gasteiger partial charge in [-0.05, 0) is 61.5 Å². The lowest BCUT2D eigenvalue weighted by atomic mass is 9.56. The van der Waals surface area contributed by atoms with Gasteiger partial charge in [-0.25, -0.2) is 0 Å². The van der Waals surface area contributed by atoms with Crippen molar-refractivity contribution in [2.24, 2.45) is 28.9 Å². The van der Waals surface area contributed by atoms with Gasteiger partial charge in [-0.2, -0.15) is 0 Å². The Morgan fingerprint density at radius 1 is 1.33 bits per heavy atom. The highest BCUT2D eigenvalue weighted by atomic mass is 14.5. The molecule has 0 saturated carbocycles. The molecule has 0 saturated heterocycles. The predicted octanol–water partition coefficient (Wildman–Crippen LogP) is 5.72. The Bertz CT molecular complexity index is 377. The van der Waals surface area contributed by atoms with Gasteiger partial charge in [0.2, 0.25) is 0 Å². The summed E-state index contributed by atoms with van der Waals surface area (Å²) in [5, 5.41) is 0. The number of unbranched alkanes of at least 4 members (excludes halogenated alkanes) is 1. The van der Waals surface area contributed by atoms with Crippen molar-refractivity contribution in [3.05, 3.63) is 23.3 Å². The number of rotatable bonds is 4. The second-order valence-corrected chi connectivity index (χ2v) is 7.42. The van der Waals surface area contributed by atoms with Crippen molar-refractivity contribution in [2.75, 3.05) is 7.05 Å². The van der Waals surface area contributed by atoms with E-state index in [1.165, 1.54) is 45.6 Å². The van der Waals surface area contributed by atoms with Crippen LogP contribution >= 0.6 is 0 Å². The first-order valence-corrected chi connectivity index (χ1v) is 8.97. The van der Waals surface area contributed by atoms with Crippen LogP contribution in [0.1, 0.15) is 73.1 Å². The third kappa shape index (κ3) is 4.00. The molecule has 0 heterocycles. The molecular weight excluding hydrogens is 254 g/mol. The van der Waals surface area contributed by atoms with Gasteiger partial charge in [0.05, 0.1) is 0 Å². The fraction of sp³-hybridized carbons (Fsp3) is 0.800. The maximum absolute atomic E-state index is 4.50. The van der Waals surface area contributed by atoms with Gasteiger partial charge in [0.15, 0.2) is 0 Å². The van der Waals surface area contributed by atoms with Gasteiger partial charge in [0, 0.05) is 0 Å². The van der Waals surface area contributed by atoms with Crippen molar-refractivity contribution in [1.29, 1.82) is 0 Å². The van der Waals surface area contributed by atoms with E-state index in [-0.39, 0.29) is 0 Å². The maximum atomic E-state index is 4.50.